The zero-order valence-electron chi connectivity index (χ0n) is 12.7. The van der Waals surface area contributed by atoms with E-state index < -0.39 is 0 Å². The van der Waals surface area contributed by atoms with E-state index in [-0.39, 0.29) is 0 Å². The Morgan fingerprint density at radius 1 is 1.40 bits per heavy atom. The number of nitrogens with zero attached hydrogens (tertiary/aromatic N) is 1. The quantitative estimate of drug-likeness (QED) is 0.524. The SMILES string of the molecule is C=CC/C=C(\N=C/CC)c1ccc(C)cc1NC(=C)C. The zero-order chi connectivity index (χ0) is 15.0. The maximum absolute atomic E-state index is 4.57. The first-order valence-electron chi connectivity index (χ1n) is 6.95. The summed E-state index contributed by atoms with van der Waals surface area (Å²) in [5.74, 6) is 0. The average molecular weight is 268 g/mol. The molecule has 20 heavy (non-hydrogen) atoms. The van der Waals surface area contributed by atoms with Crippen LogP contribution >= 0.6 is 0 Å². The standard InChI is InChI=1S/C18H24N2/c1-6-8-9-17(19-12-7-2)16-11-10-15(5)13-18(16)20-14(3)4/h6,9-13,20H,1,3,7-8H2,2,4-5H3/b17-9-,19-12-. The van der Waals surface area contributed by atoms with E-state index in [4.69, 9.17) is 0 Å². The molecule has 0 radical (unpaired) electrons. The van der Waals surface area contributed by atoms with E-state index in [9.17, 15) is 0 Å². The fourth-order valence-electron chi connectivity index (χ4n) is 1.83. The number of hydrogen-bond donors (Lipinski definition) is 1. The normalized spacial score (nSPS) is 11.7. The molecule has 0 saturated carbocycles. The van der Waals surface area contributed by atoms with E-state index in [1.165, 1.54) is 5.56 Å². The minimum absolute atomic E-state index is 0.802. The summed E-state index contributed by atoms with van der Waals surface area (Å²) in [5, 5.41) is 3.31. The van der Waals surface area contributed by atoms with Crippen LogP contribution in [-0.4, -0.2) is 6.21 Å². The minimum atomic E-state index is 0.802. The van der Waals surface area contributed by atoms with Gasteiger partial charge in [0, 0.05) is 23.2 Å². The van der Waals surface area contributed by atoms with E-state index in [1.807, 2.05) is 19.2 Å². The van der Waals surface area contributed by atoms with Gasteiger partial charge in [-0.1, -0.05) is 37.8 Å². The van der Waals surface area contributed by atoms with Gasteiger partial charge in [-0.3, -0.25) is 4.99 Å². The molecule has 2 heteroatoms. The van der Waals surface area contributed by atoms with Gasteiger partial charge in [0.15, 0.2) is 0 Å². The molecule has 0 spiro atoms. The third-order valence-electron chi connectivity index (χ3n) is 2.69. The predicted molar refractivity (Wildman–Crippen MR) is 91.2 cm³/mol. The van der Waals surface area contributed by atoms with Gasteiger partial charge in [-0.15, -0.1) is 6.58 Å². The molecule has 0 bridgehead atoms. The van der Waals surface area contributed by atoms with E-state index in [1.54, 1.807) is 0 Å². The second-order valence-electron chi connectivity index (χ2n) is 4.79. The van der Waals surface area contributed by atoms with Crippen molar-refractivity contribution < 1.29 is 0 Å². The Balaban J connectivity index is 3.27. The summed E-state index contributed by atoms with van der Waals surface area (Å²) in [7, 11) is 0. The molecule has 1 rings (SSSR count). The van der Waals surface area contributed by atoms with Gasteiger partial charge >= 0.3 is 0 Å². The zero-order valence-corrected chi connectivity index (χ0v) is 12.7. The van der Waals surface area contributed by atoms with Crippen LogP contribution in [0.25, 0.3) is 5.70 Å². The maximum Gasteiger partial charge on any atom is 0.0682 e. The number of nitrogens with one attached hydrogen (secondary N) is 1. The third kappa shape index (κ3) is 4.88. The van der Waals surface area contributed by atoms with Crippen molar-refractivity contribution in [2.75, 3.05) is 5.32 Å². The molecule has 0 unspecified atom stereocenters. The van der Waals surface area contributed by atoms with Crippen LogP contribution in [0, 0.1) is 6.92 Å². The molecule has 0 heterocycles. The highest BCUT2D eigenvalue weighted by Crippen LogP contribution is 2.27. The highest BCUT2D eigenvalue weighted by Gasteiger charge is 2.07. The molecule has 106 valence electrons. The first-order valence-corrected chi connectivity index (χ1v) is 6.95. The Kier molecular flexibility index (Phi) is 6.51. The summed E-state index contributed by atoms with van der Waals surface area (Å²) in [5.41, 5.74) is 5.22. The molecule has 2 nitrogen and oxygen atoms in total. The van der Waals surface area contributed by atoms with Gasteiger partial charge in [0.05, 0.1) is 5.70 Å². The number of rotatable bonds is 7. The highest BCUT2D eigenvalue weighted by molar-refractivity contribution is 5.81. The fraction of sp³-hybridized carbons (Fsp3) is 0.278. The van der Waals surface area contributed by atoms with E-state index in [0.717, 1.165) is 35.5 Å². The molecule has 1 aromatic carbocycles. The average Bonchev–Trinajstić information content (AvgIpc) is 2.39. The first kappa shape index (κ1) is 16.0. The van der Waals surface area contributed by atoms with Gasteiger partial charge in [0.25, 0.3) is 0 Å². The smallest absolute Gasteiger partial charge is 0.0682 e. The molecule has 0 amide bonds. The minimum Gasteiger partial charge on any atom is -0.359 e. The Morgan fingerprint density at radius 2 is 2.15 bits per heavy atom. The second kappa shape index (κ2) is 8.16. The van der Waals surface area contributed by atoms with Gasteiger partial charge in [-0.2, -0.15) is 0 Å². The van der Waals surface area contributed by atoms with Gasteiger partial charge in [0.2, 0.25) is 0 Å². The molecule has 0 aliphatic rings. The van der Waals surface area contributed by atoms with Crippen molar-refractivity contribution in [2.24, 2.45) is 4.99 Å². The van der Waals surface area contributed by atoms with Crippen LogP contribution in [0.3, 0.4) is 0 Å². The van der Waals surface area contributed by atoms with Gasteiger partial charge in [-0.05, 0) is 38.3 Å². The van der Waals surface area contributed by atoms with Crippen molar-refractivity contribution >= 4 is 17.6 Å². The van der Waals surface area contributed by atoms with Crippen LogP contribution in [0.2, 0.25) is 0 Å². The fourth-order valence-corrected chi connectivity index (χ4v) is 1.83. The monoisotopic (exact) mass is 268 g/mol. The molecule has 1 aromatic rings. The van der Waals surface area contributed by atoms with Crippen LogP contribution in [-0.2, 0) is 0 Å². The number of aliphatic imine (C=N–C) groups is 1. The van der Waals surface area contributed by atoms with Crippen molar-refractivity contribution in [3.05, 3.63) is 60.3 Å². The van der Waals surface area contributed by atoms with Gasteiger partial charge < -0.3 is 5.32 Å². The molecule has 0 fully saturated rings. The Hall–Kier alpha value is -2.09. The summed E-state index contributed by atoms with van der Waals surface area (Å²) >= 11 is 0. The topological polar surface area (TPSA) is 24.4 Å². The van der Waals surface area contributed by atoms with Crippen molar-refractivity contribution in [1.82, 2.24) is 0 Å². The van der Waals surface area contributed by atoms with Crippen LogP contribution in [0.4, 0.5) is 5.69 Å². The maximum atomic E-state index is 4.57. The number of benzene rings is 1. The van der Waals surface area contributed by atoms with Crippen molar-refractivity contribution in [3.63, 3.8) is 0 Å². The largest absolute Gasteiger partial charge is 0.359 e. The summed E-state index contributed by atoms with van der Waals surface area (Å²) in [6.07, 6.45) is 7.62. The summed E-state index contributed by atoms with van der Waals surface area (Å²) < 4.78 is 0. The van der Waals surface area contributed by atoms with Crippen LogP contribution in [0.1, 0.15) is 37.8 Å². The van der Waals surface area contributed by atoms with Gasteiger partial charge in [0.1, 0.15) is 0 Å². The third-order valence-corrected chi connectivity index (χ3v) is 2.69. The molecular weight excluding hydrogens is 244 g/mol. The van der Waals surface area contributed by atoms with Gasteiger partial charge in [-0.25, -0.2) is 0 Å². The Labute approximate surface area is 122 Å². The molecule has 0 atom stereocenters. The second-order valence-corrected chi connectivity index (χ2v) is 4.79. The highest BCUT2D eigenvalue weighted by atomic mass is 14.9. The summed E-state index contributed by atoms with van der Waals surface area (Å²) in [6.45, 7) is 13.8. The predicted octanol–water partition coefficient (Wildman–Crippen LogP) is 5.34. The molecule has 0 saturated heterocycles. The molecular formula is C18H24N2. The van der Waals surface area contributed by atoms with Crippen LogP contribution in [0.15, 0.2) is 54.2 Å². The Morgan fingerprint density at radius 3 is 2.75 bits per heavy atom. The summed E-state index contributed by atoms with van der Waals surface area (Å²) in [6, 6.07) is 6.32. The lowest BCUT2D eigenvalue weighted by molar-refractivity contribution is 1.29. The number of aryl methyl sites for hydroxylation is 1. The van der Waals surface area contributed by atoms with E-state index in [2.05, 4.69) is 61.6 Å². The Bertz CT molecular complexity index is 536. The number of allylic oxidation sites excluding steroid dienone is 3. The van der Waals surface area contributed by atoms with E-state index >= 15 is 0 Å². The summed E-state index contributed by atoms with van der Waals surface area (Å²) in [4.78, 5) is 4.57. The van der Waals surface area contributed by atoms with E-state index in [0.29, 0.717) is 0 Å². The molecule has 0 aromatic heterocycles. The molecule has 1 N–H and O–H groups in total. The lowest BCUT2D eigenvalue weighted by Crippen LogP contribution is -1.99. The van der Waals surface area contributed by atoms with Crippen molar-refractivity contribution in [2.45, 2.75) is 33.6 Å². The molecule has 0 aliphatic carbocycles. The van der Waals surface area contributed by atoms with Crippen molar-refractivity contribution in [1.29, 1.82) is 0 Å². The number of anilines is 1. The lowest BCUT2D eigenvalue weighted by atomic mass is 10.1. The van der Waals surface area contributed by atoms with Crippen LogP contribution < -0.4 is 5.32 Å². The molecule has 0 aliphatic heterocycles. The van der Waals surface area contributed by atoms with Crippen LogP contribution in [0.5, 0.6) is 0 Å². The first-order chi connectivity index (χ1) is 9.58. The van der Waals surface area contributed by atoms with Crippen molar-refractivity contribution in [3.8, 4) is 0 Å². The lowest BCUT2D eigenvalue weighted by Gasteiger charge is -2.13. The number of hydrogen-bond acceptors (Lipinski definition) is 2.